The lowest BCUT2D eigenvalue weighted by Gasteiger charge is -2.06. The summed E-state index contributed by atoms with van der Waals surface area (Å²) < 4.78 is 8.47. The van der Waals surface area contributed by atoms with Crippen LogP contribution in [0.15, 0.2) is 18.6 Å². The van der Waals surface area contributed by atoms with E-state index in [9.17, 15) is 0 Å². The van der Waals surface area contributed by atoms with Gasteiger partial charge in [-0.15, -0.1) is 0 Å². The molecule has 2 aromatic heterocycles. The van der Waals surface area contributed by atoms with Crippen molar-refractivity contribution in [3.05, 3.63) is 22.3 Å². The molecule has 0 aliphatic heterocycles. The van der Waals surface area contributed by atoms with Crippen LogP contribution in [0.25, 0.3) is 5.65 Å². The van der Waals surface area contributed by atoms with E-state index in [2.05, 4.69) is 32.6 Å². The van der Waals surface area contributed by atoms with Crippen molar-refractivity contribution in [1.82, 2.24) is 14.4 Å². The van der Waals surface area contributed by atoms with Crippen LogP contribution >= 0.6 is 22.6 Å². The predicted octanol–water partition coefficient (Wildman–Crippen LogP) is 2.27. The summed E-state index contributed by atoms with van der Waals surface area (Å²) in [4.78, 5) is 8.58. The molecule has 0 fully saturated rings. The number of hydrogen-bond acceptors (Lipinski definition) is 4. The summed E-state index contributed by atoms with van der Waals surface area (Å²) in [5, 5.41) is 8.67. The molecule has 0 saturated carbocycles. The van der Waals surface area contributed by atoms with E-state index in [1.807, 2.05) is 16.8 Å². The minimum atomic E-state index is 0.272. The molecule has 5 nitrogen and oxygen atoms in total. The molecule has 0 saturated heterocycles. The van der Waals surface area contributed by atoms with E-state index in [1.54, 1.807) is 6.20 Å². The summed E-state index contributed by atoms with van der Waals surface area (Å²) in [7, 11) is 0. The average molecular weight is 361 g/mol. The maximum absolute atomic E-state index is 8.67. The Morgan fingerprint density at radius 1 is 1.28 bits per heavy atom. The maximum atomic E-state index is 8.67. The van der Waals surface area contributed by atoms with Gasteiger partial charge in [0.1, 0.15) is 3.70 Å². The largest absolute Gasteiger partial charge is 0.475 e. The van der Waals surface area contributed by atoms with Crippen LogP contribution in [-0.2, 0) is 0 Å². The van der Waals surface area contributed by atoms with Gasteiger partial charge < -0.3 is 9.84 Å². The molecule has 0 aromatic carbocycles. The summed E-state index contributed by atoms with van der Waals surface area (Å²) in [5.41, 5.74) is 0.755. The van der Waals surface area contributed by atoms with Gasteiger partial charge in [0, 0.05) is 25.2 Å². The number of rotatable bonds is 7. The minimum absolute atomic E-state index is 0.272. The maximum Gasteiger partial charge on any atom is 0.259 e. The van der Waals surface area contributed by atoms with Gasteiger partial charge in [0.2, 0.25) is 5.65 Å². The van der Waals surface area contributed by atoms with E-state index < -0.39 is 0 Å². The SMILES string of the molecule is OCCCCCCOc1nc(I)cn2ccnc12. The molecule has 1 N–H and O–H groups in total. The first kappa shape index (κ1) is 13.5. The van der Waals surface area contributed by atoms with Gasteiger partial charge in [-0.3, -0.25) is 4.40 Å². The molecular formula is C12H16IN3O2. The summed E-state index contributed by atoms with van der Waals surface area (Å²) in [5.74, 6) is 0.592. The average Bonchev–Trinajstić information content (AvgIpc) is 2.81. The Labute approximate surface area is 119 Å². The predicted molar refractivity (Wildman–Crippen MR) is 76.8 cm³/mol. The monoisotopic (exact) mass is 361 g/mol. The van der Waals surface area contributed by atoms with E-state index in [0.29, 0.717) is 12.5 Å². The molecule has 0 bridgehead atoms. The van der Waals surface area contributed by atoms with Crippen LogP contribution in [0.3, 0.4) is 0 Å². The Bertz CT molecular complexity index is 501. The number of ether oxygens (including phenoxy) is 1. The van der Waals surface area contributed by atoms with Crippen LogP contribution in [0, 0.1) is 3.70 Å². The summed E-state index contributed by atoms with van der Waals surface area (Å²) in [6.07, 6.45) is 9.48. The Kier molecular flexibility index (Phi) is 5.18. The van der Waals surface area contributed by atoms with Crippen LogP contribution in [0.2, 0.25) is 0 Å². The highest BCUT2D eigenvalue weighted by Gasteiger charge is 2.07. The van der Waals surface area contributed by atoms with Crippen LogP contribution in [0.4, 0.5) is 0 Å². The molecule has 0 unspecified atom stereocenters. The fraction of sp³-hybridized carbons (Fsp3) is 0.500. The van der Waals surface area contributed by atoms with E-state index >= 15 is 0 Å². The highest BCUT2D eigenvalue weighted by atomic mass is 127. The highest BCUT2D eigenvalue weighted by molar-refractivity contribution is 14.1. The van der Waals surface area contributed by atoms with E-state index in [1.165, 1.54) is 0 Å². The first-order valence-corrected chi connectivity index (χ1v) is 7.12. The van der Waals surface area contributed by atoms with Crippen molar-refractivity contribution < 1.29 is 9.84 Å². The lowest BCUT2D eigenvalue weighted by molar-refractivity contribution is 0.271. The van der Waals surface area contributed by atoms with Crippen molar-refractivity contribution in [2.75, 3.05) is 13.2 Å². The zero-order chi connectivity index (χ0) is 12.8. The van der Waals surface area contributed by atoms with Crippen molar-refractivity contribution in [2.45, 2.75) is 25.7 Å². The number of unbranched alkanes of at least 4 members (excludes halogenated alkanes) is 3. The molecular weight excluding hydrogens is 345 g/mol. The van der Waals surface area contributed by atoms with Gasteiger partial charge in [0.15, 0.2) is 0 Å². The van der Waals surface area contributed by atoms with Gasteiger partial charge in [-0.2, -0.15) is 0 Å². The topological polar surface area (TPSA) is 59.7 Å². The third-order valence-corrected chi connectivity index (χ3v) is 3.12. The molecule has 98 valence electrons. The number of halogens is 1. The van der Waals surface area contributed by atoms with Crippen molar-refractivity contribution >= 4 is 28.2 Å². The normalized spacial score (nSPS) is 11.0. The first-order chi connectivity index (χ1) is 8.81. The minimum Gasteiger partial charge on any atom is -0.475 e. The first-order valence-electron chi connectivity index (χ1n) is 6.04. The van der Waals surface area contributed by atoms with Gasteiger partial charge in [-0.05, 0) is 41.9 Å². The second-order valence-electron chi connectivity index (χ2n) is 4.01. The van der Waals surface area contributed by atoms with E-state index in [-0.39, 0.29) is 6.61 Å². The van der Waals surface area contributed by atoms with Crippen molar-refractivity contribution in [3.8, 4) is 5.88 Å². The molecule has 2 rings (SSSR count). The van der Waals surface area contributed by atoms with Gasteiger partial charge >= 0.3 is 0 Å². The molecule has 0 radical (unpaired) electrons. The zero-order valence-electron chi connectivity index (χ0n) is 10.0. The Hall–Kier alpha value is -0.890. The second-order valence-corrected chi connectivity index (χ2v) is 5.12. The summed E-state index contributed by atoms with van der Waals surface area (Å²) in [6, 6.07) is 0. The van der Waals surface area contributed by atoms with Gasteiger partial charge in [-0.25, -0.2) is 9.97 Å². The van der Waals surface area contributed by atoms with Crippen LogP contribution in [0.1, 0.15) is 25.7 Å². The Morgan fingerprint density at radius 2 is 2.11 bits per heavy atom. The third kappa shape index (κ3) is 3.55. The van der Waals surface area contributed by atoms with Gasteiger partial charge in [0.25, 0.3) is 5.88 Å². The molecule has 2 aromatic rings. The number of nitrogens with zero attached hydrogens (tertiary/aromatic N) is 3. The lowest BCUT2D eigenvalue weighted by atomic mass is 10.2. The molecule has 0 aliphatic carbocycles. The van der Waals surface area contributed by atoms with E-state index in [4.69, 9.17) is 9.84 Å². The fourth-order valence-corrected chi connectivity index (χ4v) is 2.23. The Balaban J connectivity index is 1.89. The van der Waals surface area contributed by atoms with Crippen LogP contribution < -0.4 is 4.74 Å². The molecule has 0 spiro atoms. The standard InChI is InChI=1S/C12H16IN3O2/c13-10-9-16-6-5-14-11(16)12(15-10)18-8-4-2-1-3-7-17/h5-6,9,17H,1-4,7-8H2. The molecule has 18 heavy (non-hydrogen) atoms. The highest BCUT2D eigenvalue weighted by Crippen LogP contribution is 2.17. The number of hydrogen-bond donors (Lipinski definition) is 1. The van der Waals surface area contributed by atoms with Crippen LogP contribution in [-0.4, -0.2) is 32.7 Å². The van der Waals surface area contributed by atoms with Gasteiger partial charge in [0.05, 0.1) is 6.61 Å². The smallest absolute Gasteiger partial charge is 0.259 e. The summed E-state index contributed by atoms with van der Waals surface area (Å²) >= 11 is 2.16. The van der Waals surface area contributed by atoms with Gasteiger partial charge in [-0.1, -0.05) is 6.42 Å². The quantitative estimate of drug-likeness (QED) is 0.607. The Morgan fingerprint density at radius 3 is 2.94 bits per heavy atom. The fourth-order valence-electron chi connectivity index (χ4n) is 1.71. The number of imidazole rings is 1. The molecule has 2 heterocycles. The molecule has 0 amide bonds. The van der Waals surface area contributed by atoms with Crippen molar-refractivity contribution in [2.24, 2.45) is 0 Å². The molecule has 0 atom stereocenters. The number of fused-ring (bicyclic) bond motifs is 1. The molecule has 0 aliphatic rings. The number of aromatic nitrogens is 3. The van der Waals surface area contributed by atoms with Crippen LogP contribution in [0.5, 0.6) is 5.88 Å². The van der Waals surface area contributed by atoms with Crippen molar-refractivity contribution in [1.29, 1.82) is 0 Å². The van der Waals surface area contributed by atoms with Crippen molar-refractivity contribution in [3.63, 3.8) is 0 Å². The second kappa shape index (κ2) is 6.89. The lowest BCUT2D eigenvalue weighted by Crippen LogP contribution is -2.03. The zero-order valence-corrected chi connectivity index (χ0v) is 12.2. The third-order valence-electron chi connectivity index (χ3n) is 2.61. The number of aliphatic hydroxyl groups is 1. The van der Waals surface area contributed by atoms with E-state index in [0.717, 1.165) is 35.0 Å². The summed E-state index contributed by atoms with van der Waals surface area (Å²) in [6.45, 7) is 0.912. The number of aliphatic hydroxyl groups excluding tert-OH is 1. The molecule has 6 heteroatoms.